The first kappa shape index (κ1) is 33.3. The molecule has 0 aromatic rings. The van der Waals surface area contributed by atoms with Crippen LogP contribution in [0.15, 0.2) is 11.6 Å². The second-order valence-electron chi connectivity index (χ2n) is 18.0. The molecule has 2 unspecified atom stereocenters. The largest absolute Gasteiger partial charge is 0.396 e. The summed E-state index contributed by atoms with van der Waals surface area (Å²) in [6, 6.07) is 0. The van der Waals surface area contributed by atoms with Crippen LogP contribution in [0.1, 0.15) is 106 Å². The summed E-state index contributed by atoms with van der Waals surface area (Å²) < 4.78 is 12.2. The molecule has 44 heavy (non-hydrogen) atoms. The monoisotopic (exact) mass is 620 g/mol. The van der Waals surface area contributed by atoms with Gasteiger partial charge in [0, 0.05) is 5.41 Å². The standard InChI is InChI=1S/C36H60O8/c1-31(2)14-15-36(19-38)21(16-31)20-8-9-24-33(5)12-11-26(44-30-29(42)28(41)27(40)22(18-37)43-30)32(3,4)23(33)10-13-34(24,6)35(20,7)17-25(36)39/h8,21-30,37-42H,9-19H2,1-7H3/t21-,22+,23-,24+,25?,26?,27-,28-,29+,30-,33-,34+,35+,36+/m0/s1. The Morgan fingerprint density at radius 2 is 1.52 bits per heavy atom. The molecule has 6 aliphatic rings. The van der Waals surface area contributed by atoms with Gasteiger partial charge in [0.1, 0.15) is 24.4 Å². The van der Waals surface area contributed by atoms with Crippen LogP contribution in [-0.4, -0.2) is 86.8 Å². The average Bonchev–Trinajstić information content (AvgIpc) is 2.95. The Morgan fingerprint density at radius 1 is 0.818 bits per heavy atom. The summed E-state index contributed by atoms with van der Waals surface area (Å²) in [5.41, 5.74) is 0.911. The van der Waals surface area contributed by atoms with Crippen molar-refractivity contribution < 1.29 is 40.1 Å². The molecule has 4 saturated carbocycles. The molecule has 1 aliphatic heterocycles. The minimum atomic E-state index is -1.45. The maximum Gasteiger partial charge on any atom is 0.186 e. The quantitative estimate of drug-likeness (QED) is 0.205. The summed E-state index contributed by atoms with van der Waals surface area (Å²) in [6.45, 7) is 16.2. The number of hydrogen-bond donors (Lipinski definition) is 6. The van der Waals surface area contributed by atoms with Gasteiger partial charge in [0.05, 0.1) is 25.4 Å². The molecule has 0 amide bonds. The molecule has 1 saturated heterocycles. The lowest BCUT2D eigenvalue weighted by Crippen LogP contribution is -2.67. The summed E-state index contributed by atoms with van der Waals surface area (Å²) >= 11 is 0. The van der Waals surface area contributed by atoms with E-state index in [1.165, 1.54) is 5.57 Å². The summed E-state index contributed by atoms with van der Waals surface area (Å²) in [6.07, 6.45) is 3.91. The molecule has 6 rings (SSSR count). The molecule has 1 heterocycles. The van der Waals surface area contributed by atoms with Crippen LogP contribution in [0.4, 0.5) is 0 Å². The minimum Gasteiger partial charge on any atom is -0.396 e. The van der Waals surface area contributed by atoms with Crippen molar-refractivity contribution in [3.05, 3.63) is 11.6 Å². The summed E-state index contributed by atoms with van der Waals surface area (Å²) in [5.74, 6) is 0.988. The number of aliphatic hydroxyl groups is 6. The Hall–Kier alpha value is -0.580. The van der Waals surface area contributed by atoms with Crippen LogP contribution in [0.3, 0.4) is 0 Å². The van der Waals surface area contributed by atoms with Gasteiger partial charge in [-0.05, 0) is 103 Å². The first-order chi connectivity index (χ1) is 20.4. The maximum absolute atomic E-state index is 11.9. The van der Waals surface area contributed by atoms with Gasteiger partial charge in [-0.1, -0.05) is 60.1 Å². The van der Waals surface area contributed by atoms with Gasteiger partial charge >= 0.3 is 0 Å². The predicted octanol–water partition coefficient (Wildman–Crippen LogP) is 3.94. The molecule has 5 fully saturated rings. The van der Waals surface area contributed by atoms with E-state index in [9.17, 15) is 30.6 Å². The SMILES string of the molecule is CC1(C)CC[C@]2(CO)C(O)C[C@]3(C)C(=CC[C@@H]4[C@@]5(C)CCC(O[C@@H]6O[C@H](CO)[C@H](O)[C@H](O)[C@H]6O)C(C)(C)[C@@H]5CC[C@]43C)[C@@H]2C1. The van der Waals surface area contributed by atoms with Crippen LogP contribution < -0.4 is 0 Å². The second-order valence-corrected chi connectivity index (χ2v) is 18.0. The maximum atomic E-state index is 11.9. The van der Waals surface area contributed by atoms with Crippen LogP contribution >= 0.6 is 0 Å². The molecule has 0 spiro atoms. The van der Waals surface area contributed by atoms with E-state index < -0.39 is 48.8 Å². The molecule has 5 aliphatic carbocycles. The van der Waals surface area contributed by atoms with Crippen molar-refractivity contribution in [2.75, 3.05) is 13.2 Å². The Labute approximate surface area is 264 Å². The van der Waals surface area contributed by atoms with Crippen LogP contribution in [0.25, 0.3) is 0 Å². The molecule has 14 atom stereocenters. The highest BCUT2D eigenvalue weighted by molar-refractivity contribution is 5.35. The lowest BCUT2D eigenvalue weighted by molar-refractivity contribution is -0.330. The Balaban J connectivity index is 1.30. The molecule has 6 N–H and O–H groups in total. The van der Waals surface area contributed by atoms with E-state index in [2.05, 4.69) is 54.5 Å². The van der Waals surface area contributed by atoms with Crippen molar-refractivity contribution in [2.24, 2.45) is 50.2 Å². The molecule has 8 nitrogen and oxygen atoms in total. The van der Waals surface area contributed by atoms with E-state index >= 15 is 0 Å². The van der Waals surface area contributed by atoms with Crippen LogP contribution in [0.5, 0.6) is 0 Å². The van der Waals surface area contributed by atoms with Gasteiger partial charge in [0.15, 0.2) is 6.29 Å². The number of rotatable bonds is 4. The van der Waals surface area contributed by atoms with E-state index in [4.69, 9.17) is 9.47 Å². The fourth-order valence-corrected chi connectivity index (χ4v) is 12.3. The lowest BCUT2D eigenvalue weighted by atomic mass is 9.33. The normalized spacial score (nSPS) is 54.7. The summed E-state index contributed by atoms with van der Waals surface area (Å²) in [4.78, 5) is 0. The van der Waals surface area contributed by atoms with Gasteiger partial charge in [0.25, 0.3) is 0 Å². The average molecular weight is 621 g/mol. The number of ether oxygens (including phenoxy) is 2. The Kier molecular flexibility index (Phi) is 8.11. The van der Waals surface area contributed by atoms with Gasteiger partial charge in [0.2, 0.25) is 0 Å². The third kappa shape index (κ3) is 4.44. The van der Waals surface area contributed by atoms with Crippen LogP contribution in [0, 0.1) is 50.2 Å². The highest BCUT2D eigenvalue weighted by Gasteiger charge is 2.70. The molecule has 252 valence electrons. The summed E-state index contributed by atoms with van der Waals surface area (Å²) in [7, 11) is 0. The van der Waals surface area contributed by atoms with Gasteiger partial charge in [-0.3, -0.25) is 0 Å². The lowest BCUT2D eigenvalue weighted by Gasteiger charge is -2.72. The highest BCUT2D eigenvalue weighted by Crippen LogP contribution is 2.75. The van der Waals surface area contributed by atoms with Crippen molar-refractivity contribution in [2.45, 2.75) is 149 Å². The van der Waals surface area contributed by atoms with Crippen LogP contribution in [-0.2, 0) is 9.47 Å². The van der Waals surface area contributed by atoms with E-state index in [1.54, 1.807) is 0 Å². The molecular formula is C36H60O8. The topological polar surface area (TPSA) is 140 Å². The molecule has 8 heteroatoms. The van der Waals surface area contributed by atoms with Crippen molar-refractivity contribution >= 4 is 0 Å². The highest BCUT2D eigenvalue weighted by atomic mass is 16.7. The van der Waals surface area contributed by atoms with Crippen molar-refractivity contribution in [1.29, 1.82) is 0 Å². The van der Waals surface area contributed by atoms with Gasteiger partial charge < -0.3 is 40.1 Å². The number of allylic oxidation sites excluding steroid dienone is 2. The third-order valence-corrected chi connectivity index (χ3v) is 15.3. The molecule has 0 radical (unpaired) electrons. The van der Waals surface area contributed by atoms with E-state index in [0.29, 0.717) is 18.3 Å². The fourth-order valence-electron chi connectivity index (χ4n) is 12.3. The number of aliphatic hydroxyl groups excluding tert-OH is 6. The first-order valence-electron chi connectivity index (χ1n) is 17.4. The van der Waals surface area contributed by atoms with Crippen molar-refractivity contribution in [3.63, 3.8) is 0 Å². The van der Waals surface area contributed by atoms with Crippen molar-refractivity contribution in [1.82, 2.24) is 0 Å². The smallest absolute Gasteiger partial charge is 0.186 e. The Morgan fingerprint density at radius 3 is 2.18 bits per heavy atom. The fraction of sp³-hybridized carbons (Fsp3) is 0.944. The zero-order chi connectivity index (χ0) is 32.3. The minimum absolute atomic E-state index is 0.00750. The van der Waals surface area contributed by atoms with Gasteiger partial charge in [-0.2, -0.15) is 0 Å². The van der Waals surface area contributed by atoms with E-state index in [-0.39, 0.29) is 45.7 Å². The zero-order valence-corrected chi connectivity index (χ0v) is 28.1. The number of hydrogen-bond acceptors (Lipinski definition) is 8. The Bertz CT molecular complexity index is 1140. The van der Waals surface area contributed by atoms with E-state index in [0.717, 1.165) is 51.4 Å². The van der Waals surface area contributed by atoms with Crippen LogP contribution in [0.2, 0.25) is 0 Å². The first-order valence-corrected chi connectivity index (χ1v) is 17.4. The number of fused-ring (bicyclic) bond motifs is 7. The van der Waals surface area contributed by atoms with Gasteiger partial charge in [-0.25, -0.2) is 0 Å². The van der Waals surface area contributed by atoms with E-state index in [1.807, 2.05) is 0 Å². The second kappa shape index (κ2) is 10.7. The molecular weight excluding hydrogens is 560 g/mol. The third-order valence-electron chi connectivity index (χ3n) is 15.3. The molecule has 0 aromatic carbocycles. The summed E-state index contributed by atoms with van der Waals surface area (Å²) in [5, 5.41) is 63.7. The predicted molar refractivity (Wildman–Crippen MR) is 166 cm³/mol. The zero-order valence-electron chi connectivity index (χ0n) is 28.1. The van der Waals surface area contributed by atoms with Crippen molar-refractivity contribution in [3.8, 4) is 0 Å². The molecule has 0 bridgehead atoms. The van der Waals surface area contributed by atoms with Gasteiger partial charge in [-0.15, -0.1) is 0 Å². The molecule has 0 aromatic heterocycles.